The Labute approximate surface area is 375 Å². The van der Waals surface area contributed by atoms with Gasteiger partial charge in [-0.25, -0.2) is 4.39 Å². The van der Waals surface area contributed by atoms with Crippen LogP contribution in [0.3, 0.4) is 0 Å². The van der Waals surface area contributed by atoms with Gasteiger partial charge in [0.25, 0.3) is 0 Å². The van der Waals surface area contributed by atoms with Crippen molar-refractivity contribution in [2.24, 2.45) is 0 Å². The van der Waals surface area contributed by atoms with Crippen molar-refractivity contribution >= 4 is 65.7 Å². The number of benzene rings is 7. The Kier molecular flexibility index (Phi) is 8.68. The van der Waals surface area contributed by atoms with Crippen LogP contribution in [0.25, 0.3) is 94.0 Å². The van der Waals surface area contributed by atoms with Gasteiger partial charge in [-0.2, -0.15) is 0 Å². The summed E-state index contributed by atoms with van der Waals surface area (Å²) in [5.74, 6) is 0.665. The molecule has 1 radical (unpaired) electrons. The third-order valence-electron chi connectivity index (χ3n) is 11.2. The number of para-hydroxylation sites is 3. The second kappa shape index (κ2) is 15.9. The first-order valence-electron chi connectivity index (χ1n) is 23.0. The molecule has 303 valence electrons. The van der Waals surface area contributed by atoms with Crippen molar-refractivity contribution in [1.29, 1.82) is 0 Å². The van der Waals surface area contributed by atoms with E-state index >= 15 is 4.39 Å². The van der Waals surface area contributed by atoms with Gasteiger partial charge in [-0.1, -0.05) is 94.0 Å². The van der Waals surface area contributed by atoms with Crippen LogP contribution in [0.5, 0.6) is 0 Å². The Morgan fingerprint density at radius 1 is 0.656 bits per heavy atom. The van der Waals surface area contributed by atoms with Crippen molar-refractivity contribution in [3.8, 4) is 28.3 Å². The average Bonchev–Trinajstić information content (AvgIpc) is 4.00. The van der Waals surface area contributed by atoms with Crippen LogP contribution < -0.4 is 0 Å². The van der Waals surface area contributed by atoms with Crippen LogP contribution in [0.15, 0.2) is 142 Å². The molecule has 0 aliphatic carbocycles. The third kappa shape index (κ3) is 6.92. The van der Waals surface area contributed by atoms with Gasteiger partial charge in [0.2, 0.25) is 0 Å². The summed E-state index contributed by atoms with van der Waals surface area (Å²) in [7, 11) is 0. The fourth-order valence-corrected chi connectivity index (χ4v) is 8.29. The molecule has 0 atom stereocenters. The van der Waals surface area contributed by atoms with E-state index in [-0.39, 0.29) is 48.9 Å². The van der Waals surface area contributed by atoms with Crippen molar-refractivity contribution in [3.63, 3.8) is 0 Å². The molecule has 0 amide bonds. The molecule has 4 heterocycles. The summed E-state index contributed by atoms with van der Waals surface area (Å²) in [5.41, 5.74) is 10.2. The van der Waals surface area contributed by atoms with Crippen LogP contribution in [-0.2, 0) is 20.1 Å². The van der Waals surface area contributed by atoms with Gasteiger partial charge in [0.1, 0.15) is 22.6 Å². The number of aryl methyl sites for hydroxylation is 2. The van der Waals surface area contributed by atoms with E-state index in [0.717, 1.165) is 82.5 Å². The second-order valence-corrected chi connectivity index (χ2v) is 15.7. The summed E-state index contributed by atoms with van der Waals surface area (Å²) in [6.07, 6.45) is 1.30. The van der Waals surface area contributed by atoms with Gasteiger partial charge in [-0.05, 0) is 89.6 Å². The van der Waals surface area contributed by atoms with Crippen LogP contribution in [0.2, 0.25) is 0 Å². The summed E-state index contributed by atoms with van der Waals surface area (Å²) >= 11 is 0. The molecule has 11 rings (SSSR count). The molecule has 0 aliphatic heterocycles. The number of hydrogen-bond acceptors (Lipinski definition) is 4. The van der Waals surface area contributed by atoms with Crippen molar-refractivity contribution in [2.45, 2.75) is 53.2 Å². The molecule has 0 fully saturated rings. The summed E-state index contributed by atoms with van der Waals surface area (Å²) in [4.78, 5) is 9.27. The smallest absolute Gasteiger partial charge is 0.143 e. The van der Waals surface area contributed by atoms with Gasteiger partial charge in [-0.3, -0.25) is 4.98 Å². The predicted octanol–water partition coefficient (Wildman–Crippen LogP) is 15.0. The predicted molar refractivity (Wildman–Crippen MR) is 244 cm³/mol. The normalized spacial score (nSPS) is 13.6. The minimum absolute atomic E-state index is 0. The molecule has 0 saturated heterocycles. The Morgan fingerprint density at radius 3 is 1.95 bits per heavy atom. The zero-order chi connectivity index (χ0) is 46.2. The van der Waals surface area contributed by atoms with Gasteiger partial charge in [0.15, 0.2) is 0 Å². The molecular formula is C54H42FIrN3O2-2. The third-order valence-corrected chi connectivity index (χ3v) is 11.2. The topological polar surface area (TPSA) is 57.0 Å². The molecule has 7 aromatic carbocycles. The van der Waals surface area contributed by atoms with Crippen LogP contribution in [0.1, 0.15) is 70.0 Å². The summed E-state index contributed by atoms with van der Waals surface area (Å²) in [5, 5.41) is 6.18. The van der Waals surface area contributed by atoms with E-state index in [1.54, 1.807) is 24.3 Å². The Balaban J connectivity index is 0.000000226. The van der Waals surface area contributed by atoms with E-state index in [0.29, 0.717) is 22.7 Å². The van der Waals surface area contributed by atoms with E-state index < -0.39 is 13.7 Å². The summed E-state index contributed by atoms with van der Waals surface area (Å²) in [6, 6.07) is 46.0. The second-order valence-electron chi connectivity index (χ2n) is 15.7. The van der Waals surface area contributed by atoms with Crippen LogP contribution in [0.4, 0.5) is 4.39 Å². The quantitative estimate of drug-likeness (QED) is 0.161. The monoisotopic (exact) mass is 982 g/mol. The van der Waals surface area contributed by atoms with E-state index in [2.05, 4.69) is 91.8 Å². The van der Waals surface area contributed by atoms with E-state index in [4.69, 9.17) is 22.0 Å². The Bertz CT molecular complexity index is 3560. The number of hydrogen-bond donors (Lipinski definition) is 0. The molecule has 0 bridgehead atoms. The minimum Gasteiger partial charge on any atom is -0.500 e. The molecular weight excluding hydrogens is 934 g/mol. The van der Waals surface area contributed by atoms with Crippen molar-refractivity contribution < 1.29 is 41.6 Å². The molecule has 4 aromatic heterocycles. The first-order chi connectivity index (χ1) is 31.6. The minimum atomic E-state index is -2.18. The molecule has 0 N–H and O–H groups in total. The SMILES string of the molecule is CC(C)c1cc(F)cc(C(C)C)c1-n1c(-c2[c-]ccc3c2oc2c3ccc3c2ccc2c4ccccc4oc23)nc2ccccc21.[2H]C([2H])([2H])c1c[c-]c(-c2ccc(C([2H])([2H])[2H])cn2)cc1.[Ir]. The van der Waals surface area contributed by atoms with Crippen molar-refractivity contribution in [1.82, 2.24) is 14.5 Å². The summed E-state index contributed by atoms with van der Waals surface area (Å²) < 4.78 is 74.1. The number of halogens is 1. The standard InChI is InChI=1S/C41H30FN2O2.C13H12N.Ir/c1-22(2)32-20-24(42)21-33(23(3)4)37(32)44-35-14-7-6-13-34(35)43-41(44)31-12-9-11-26-28-18-19-29-30(39(28)46-40(26)31)17-16-27-25-10-5-8-15-36(25)45-38(27)29;1-10-3-6-12(7-4-10)13-8-5-11(2)9-14-13;/h5-11,13-23H,1-4H3;3-6,8-9H,1-2H3;/q2*-1;/i;1D3,2D3;. The van der Waals surface area contributed by atoms with Gasteiger partial charge < -0.3 is 18.4 Å². The van der Waals surface area contributed by atoms with Crippen LogP contribution in [-0.4, -0.2) is 14.5 Å². The van der Waals surface area contributed by atoms with E-state index in [1.165, 1.54) is 24.4 Å². The first kappa shape index (κ1) is 33.3. The van der Waals surface area contributed by atoms with Gasteiger partial charge >= 0.3 is 0 Å². The number of pyridine rings is 1. The maximum Gasteiger partial charge on any atom is 0.143 e. The number of nitrogens with zero attached hydrogens (tertiary/aromatic N) is 3. The molecule has 0 aliphatic rings. The number of imidazole rings is 1. The fourth-order valence-electron chi connectivity index (χ4n) is 8.29. The van der Waals surface area contributed by atoms with Gasteiger partial charge in [0, 0.05) is 67.1 Å². The van der Waals surface area contributed by atoms with E-state index in [1.807, 2.05) is 42.5 Å². The Morgan fingerprint density at radius 2 is 1.30 bits per heavy atom. The van der Waals surface area contributed by atoms with Gasteiger partial charge in [-0.15, -0.1) is 53.6 Å². The largest absolute Gasteiger partial charge is 0.500 e. The molecule has 0 saturated carbocycles. The fraction of sp³-hybridized carbons (Fsp3) is 0.148. The van der Waals surface area contributed by atoms with Crippen molar-refractivity contribution in [2.75, 3.05) is 0 Å². The zero-order valence-electron chi connectivity index (χ0n) is 39.7. The van der Waals surface area contributed by atoms with Crippen LogP contribution >= 0.6 is 0 Å². The molecule has 7 heteroatoms. The first-order valence-corrected chi connectivity index (χ1v) is 20.0. The number of rotatable bonds is 5. The Hall–Kier alpha value is -6.40. The maximum absolute atomic E-state index is 15.1. The number of aromatic nitrogens is 3. The molecule has 0 spiro atoms. The van der Waals surface area contributed by atoms with Crippen LogP contribution in [0, 0.1) is 31.7 Å². The zero-order valence-corrected chi connectivity index (χ0v) is 36.1. The molecule has 61 heavy (non-hydrogen) atoms. The molecule has 5 nitrogen and oxygen atoms in total. The van der Waals surface area contributed by atoms with Crippen molar-refractivity contribution in [3.05, 3.63) is 174 Å². The maximum atomic E-state index is 15.1. The molecule has 0 unspecified atom stereocenters. The average molecular weight is 982 g/mol. The van der Waals surface area contributed by atoms with E-state index in [9.17, 15) is 0 Å². The number of fused-ring (bicyclic) bond motifs is 10. The summed E-state index contributed by atoms with van der Waals surface area (Å²) in [6.45, 7) is 4.09. The molecule has 11 aromatic rings. The van der Waals surface area contributed by atoms with Gasteiger partial charge in [0.05, 0.1) is 22.4 Å². The number of furan rings is 2.